The smallest absolute Gasteiger partial charge is 0.339 e. The van der Waals surface area contributed by atoms with E-state index in [0.717, 1.165) is 11.1 Å². The van der Waals surface area contributed by atoms with Crippen LogP contribution in [0.25, 0.3) is 11.0 Å². The molecule has 0 unspecified atom stereocenters. The fourth-order valence-corrected chi connectivity index (χ4v) is 2.17. The fraction of sp³-hybridized carbons (Fsp3) is 0.462. The summed E-state index contributed by atoms with van der Waals surface area (Å²) in [5, 5.41) is 14.5. The van der Waals surface area contributed by atoms with Gasteiger partial charge in [-0.1, -0.05) is 0 Å². The molecule has 6 heteroatoms. The number of carboxylic acids is 1. The second-order valence-electron chi connectivity index (χ2n) is 4.94. The summed E-state index contributed by atoms with van der Waals surface area (Å²) in [4.78, 5) is 17.6. The highest BCUT2D eigenvalue weighted by atomic mass is 16.4. The first-order chi connectivity index (χ1) is 8.84. The first-order valence-corrected chi connectivity index (χ1v) is 6.13. The largest absolute Gasteiger partial charge is 0.478 e. The molecule has 0 aromatic carbocycles. The van der Waals surface area contributed by atoms with Crippen LogP contribution >= 0.6 is 0 Å². The molecule has 0 amide bonds. The highest BCUT2D eigenvalue weighted by Crippen LogP contribution is 2.32. The molecular weight excluding hydrogens is 244 g/mol. The summed E-state index contributed by atoms with van der Waals surface area (Å²) in [6, 6.07) is 0.184. The maximum atomic E-state index is 11.4. The Bertz CT molecular complexity index is 646. The lowest BCUT2D eigenvalue weighted by Crippen LogP contribution is -2.28. The normalized spacial score (nSPS) is 11.3. The molecule has 2 aromatic rings. The lowest BCUT2D eigenvalue weighted by Gasteiger charge is -2.26. The van der Waals surface area contributed by atoms with Crippen LogP contribution in [0.3, 0.4) is 0 Å². The molecule has 102 valence electrons. The zero-order chi connectivity index (χ0) is 14.3. The number of aromatic nitrogens is 3. The zero-order valence-corrected chi connectivity index (χ0v) is 11.8. The van der Waals surface area contributed by atoms with Gasteiger partial charge in [0.1, 0.15) is 5.56 Å². The molecule has 0 fully saturated rings. The van der Waals surface area contributed by atoms with Crippen molar-refractivity contribution in [3.63, 3.8) is 0 Å². The quantitative estimate of drug-likeness (QED) is 0.913. The number of aryl methyl sites for hydroxylation is 2. The molecule has 0 aliphatic rings. The van der Waals surface area contributed by atoms with Crippen LogP contribution in [-0.4, -0.2) is 38.9 Å². The van der Waals surface area contributed by atoms with Gasteiger partial charge >= 0.3 is 5.97 Å². The fourth-order valence-electron chi connectivity index (χ4n) is 2.17. The molecule has 19 heavy (non-hydrogen) atoms. The van der Waals surface area contributed by atoms with Gasteiger partial charge in [0.2, 0.25) is 0 Å². The number of aromatic carboxylic acids is 1. The Hall–Kier alpha value is -2.11. The number of carbonyl (C=O) groups is 1. The predicted molar refractivity (Wildman–Crippen MR) is 73.7 cm³/mol. The molecular formula is C13H18N4O2. The third-order valence-corrected chi connectivity index (χ3v) is 3.36. The second kappa shape index (κ2) is 4.53. The minimum Gasteiger partial charge on any atom is -0.478 e. The first-order valence-electron chi connectivity index (χ1n) is 6.13. The summed E-state index contributed by atoms with van der Waals surface area (Å²) in [7, 11) is 3.69. The summed E-state index contributed by atoms with van der Waals surface area (Å²) in [6.07, 6.45) is 1.40. The molecule has 2 aromatic heterocycles. The van der Waals surface area contributed by atoms with E-state index in [1.54, 1.807) is 4.68 Å². The van der Waals surface area contributed by atoms with Crippen LogP contribution in [0.4, 0.5) is 5.69 Å². The second-order valence-corrected chi connectivity index (χ2v) is 4.94. The molecule has 1 N–H and O–H groups in total. The van der Waals surface area contributed by atoms with Gasteiger partial charge in [-0.3, -0.25) is 4.68 Å². The van der Waals surface area contributed by atoms with Gasteiger partial charge in [0.05, 0.1) is 16.8 Å². The van der Waals surface area contributed by atoms with E-state index in [0.29, 0.717) is 11.3 Å². The number of rotatable bonds is 3. The molecule has 0 radical (unpaired) electrons. The first kappa shape index (κ1) is 13.3. The molecule has 0 saturated carbocycles. The van der Waals surface area contributed by atoms with Crippen molar-refractivity contribution in [2.75, 3.05) is 11.9 Å². The van der Waals surface area contributed by atoms with Crippen LogP contribution in [0, 0.1) is 6.92 Å². The Morgan fingerprint density at radius 2 is 2.11 bits per heavy atom. The molecule has 2 heterocycles. The molecule has 6 nitrogen and oxygen atoms in total. The van der Waals surface area contributed by atoms with Crippen molar-refractivity contribution >= 4 is 22.7 Å². The van der Waals surface area contributed by atoms with Crippen LogP contribution in [-0.2, 0) is 7.05 Å². The van der Waals surface area contributed by atoms with Crippen molar-refractivity contribution < 1.29 is 9.90 Å². The lowest BCUT2D eigenvalue weighted by atomic mass is 10.1. The van der Waals surface area contributed by atoms with Gasteiger partial charge in [-0.15, -0.1) is 0 Å². The highest BCUT2D eigenvalue weighted by Gasteiger charge is 2.23. The minimum atomic E-state index is -0.972. The summed E-state index contributed by atoms with van der Waals surface area (Å²) in [5.41, 5.74) is 2.37. The minimum absolute atomic E-state index is 0.184. The van der Waals surface area contributed by atoms with Crippen LogP contribution in [0.15, 0.2) is 6.20 Å². The van der Waals surface area contributed by atoms with E-state index >= 15 is 0 Å². The zero-order valence-electron chi connectivity index (χ0n) is 11.8. The van der Waals surface area contributed by atoms with Gasteiger partial charge in [-0.2, -0.15) is 5.10 Å². The average molecular weight is 262 g/mol. The van der Waals surface area contributed by atoms with Crippen LogP contribution in [0.2, 0.25) is 0 Å². The number of fused-ring (bicyclic) bond motifs is 1. The van der Waals surface area contributed by atoms with E-state index in [9.17, 15) is 9.90 Å². The van der Waals surface area contributed by atoms with Crippen molar-refractivity contribution in [3.05, 3.63) is 17.5 Å². The molecule has 2 rings (SSSR count). The number of carboxylic acid groups (broad SMARTS) is 1. The van der Waals surface area contributed by atoms with E-state index in [-0.39, 0.29) is 11.6 Å². The monoisotopic (exact) mass is 262 g/mol. The number of nitrogens with zero attached hydrogens (tertiary/aromatic N) is 4. The Kier molecular flexibility index (Phi) is 3.18. The van der Waals surface area contributed by atoms with Gasteiger partial charge in [0, 0.05) is 26.3 Å². The van der Waals surface area contributed by atoms with E-state index < -0.39 is 5.97 Å². The summed E-state index contributed by atoms with van der Waals surface area (Å²) in [6.45, 7) is 5.90. The van der Waals surface area contributed by atoms with Crippen molar-refractivity contribution in [3.8, 4) is 0 Å². The molecule has 0 spiro atoms. The molecule has 0 atom stereocenters. The van der Waals surface area contributed by atoms with Crippen molar-refractivity contribution in [2.45, 2.75) is 26.8 Å². The van der Waals surface area contributed by atoms with Crippen LogP contribution in [0.1, 0.15) is 29.9 Å². The summed E-state index contributed by atoms with van der Waals surface area (Å²) < 4.78 is 1.67. The van der Waals surface area contributed by atoms with Crippen molar-refractivity contribution in [1.29, 1.82) is 0 Å². The summed E-state index contributed by atoms with van der Waals surface area (Å²) >= 11 is 0. The van der Waals surface area contributed by atoms with Crippen molar-refractivity contribution in [1.82, 2.24) is 14.8 Å². The van der Waals surface area contributed by atoms with Crippen LogP contribution < -0.4 is 4.90 Å². The molecule has 0 saturated heterocycles. The third kappa shape index (κ3) is 2.03. The maximum absolute atomic E-state index is 11.4. The van der Waals surface area contributed by atoms with E-state index in [2.05, 4.69) is 10.1 Å². The maximum Gasteiger partial charge on any atom is 0.339 e. The Labute approximate surface area is 111 Å². The number of hydrogen-bond acceptors (Lipinski definition) is 4. The number of anilines is 1. The van der Waals surface area contributed by atoms with Gasteiger partial charge in [0.15, 0.2) is 5.65 Å². The topological polar surface area (TPSA) is 71.2 Å². The SMILES string of the molecule is Cc1nn(C)c2ncc(C(=O)O)c(N(C)C(C)C)c12. The van der Waals surface area contributed by atoms with Gasteiger partial charge in [0.25, 0.3) is 0 Å². The Balaban J connectivity index is 2.87. The number of pyridine rings is 1. The predicted octanol–water partition coefficient (Wildman–Crippen LogP) is 1.82. The van der Waals surface area contributed by atoms with E-state index in [1.807, 2.05) is 39.8 Å². The Morgan fingerprint density at radius 1 is 1.47 bits per heavy atom. The lowest BCUT2D eigenvalue weighted by molar-refractivity contribution is 0.0697. The highest BCUT2D eigenvalue weighted by molar-refractivity contribution is 6.04. The van der Waals surface area contributed by atoms with Crippen molar-refractivity contribution in [2.24, 2.45) is 7.05 Å². The standard InChI is InChI=1S/C13H18N4O2/c1-7(2)16(4)11-9(13(18)19)6-14-12-10(11)8(3)15-17(12)5/h6-7H,1-5H3,(H,18,19). The summed E-state index contributed by atoms with van der Waals surface area (Å²) in [5.74, 6) is -0.972. The van der Waals surface area contributed by atoms with E-state index in [4.69, 9.17) is 0 Å². The van der Waals surface area contributed by atoms with E-state index in [1.165, 1.54) is 6.20 Å². The third-order valence-electron chi connectivity index (χ3n) is 3.36. The van der Waals surface area contributed by atoms with Gasteiger partial charge in [-0.25, -0.2) is 9.78 Å². The molecule has 0 aliphatic heterocycles. The average Bonchev–Trinajstić information content (AvgIpc) is 2.63. The Morgan fingerprint density at radius 3 is 2.63 bits per heavy atom. The van der Waals surface area contributed by atoms with Crippen LogP contribution in [0.5, 0.6) is 0 Å². The molecule has 0 bridgehead atoms. The van der Waals surface area contributed by atoms with Gasteiger partial charge in [-0.05, 0) is 20.8 Å². The number of hydrogen-bond donors (Lipinski definition) is 1. The van der Waals surface area contributed by atoms with Gasteiger partial charge < -0.3 is 10.0 Å². The molecule has 0 aliphatic carbocycles.